The molecule has 0 radical (unpaired) electrons. The molecular weight excluding hydrogens is 322 g/mol. The first-order valence-electron chi connectivity index (χ1n) is 6.42. The van der Waals surface area contributed by atoms with Crippen LogP contribution in [0.5, 0.6) is 0 Å². The lowest BCUT2D eigenvalue weighted by Gasteiger charge is -2.19. The average molecular weight is 342 g/mol. The second-order valence-electron chi connectivity index (χ2n) is 5.04. The minimum absolute atomic E-state index is 0.199. The molecule has 0 fully saturated rings. The maximum absolute atomic E-state index is 12.2. The van der Waals surface area contributed by atoms with Gasteiger partial charge in [-0.2, -0.15) is 0 Å². The van der Waals surface area contributed by atoms with E-state index in [0.29, 0.717) is 23.6 Å². The van der Waals surface area contributed by atoms with Gasteiger partial charge < -0.3 is 16.4 Å². The van der Waals surface area contributed by atoms with Crippen molar-refractivity contribution < 1.29 is 9.59 Å². The quantitative estimate of drug-likeness (QED) is 0.715. The molecule has 110 valence electrons. The van der Waals surface area contributed by atoms with E-state index in [1.54, 1.807) is 25.2 Å². The standard InChI is InChI=1S/C14H20BrN3O2/c1-8(2)4-12(14(20)17-3)18-13(19)9-5-10(15)7-11(16)6-9/h5-8,12H,4,16H2,1-3H3,(H,17,20)(H,18,19). The second-order valence-corrected chi connectivity index (χ2v) is 5.96. The molecule has 0 aromatic heterocycles. The summed E-state index contributed by atoms with van der Waals surface area (Å²) in [6.45, 7) is 4.00. The summed E-state index contributed by atoms with van der Waals surface area (Å²) >= 11 is 3.29. The van der Waals surface area contributed by atoms with Gasteiger partial charge in [0, 0.05) is 22.8 Å². The van der Waals surface area contributed by atoms with Crippen LogP contribution in [0.1, 0.15) is 30.6 Å². The third kappa shape index (κ3) is 4.85. The Morgan fingerprint density at radius 1 is 1.30 bits per heavy atom. The van der Waals surface area contributed by atoms with Crippen molar-refractivity contribution in [1.29, 1.82) is 0 Å². The number of benzene rings is 1. The Labute approximate surface area is 127 Å². The SMILES string of the molecule is CNC(=O)C(CC(C)C)NC(=O)c1cc(N)cc(Br)c1. The van der Waals surface area contributed by atoms with E-state index >= 15 is 0 Å². The van der Waals surface area contributed by atoms with Gasteiger partial charge in [-0.3, -0.25) is 9.59 Å². The van der Waals surface area contributed by atoms with Crippen molar-refractivity contribution in [2.45, 2.75) is 26.3 Å². The van der Waals surface area contributed by atoms with Gasteiger partial charge in [0.2, 0.25) is 5.91 Å². The van der Waals surface area contributed by atoms with Crippen LogP contribution in [0.4, 0.5) is 5.69 Å². The highest BCUT2D eigenvalue weighted by Gasteiger charge is 2.21. The zero-order valence-corrected chi connectivity index (χ0v) is 13.5. The highest BCUT2D eigenvalue weighted by Crippen LogP contribution is 2.17. The van der Waals surface area contributed by atoms with Gasteiger partial charge in [-0.15, -0.1) is 0 Å². The van der Waals surface area contributed by atoms with Crippen molar-refractivity contribution in [3.8, 4) is 0 Å². The van der Waals surface area contributed by atoms with Gasteiger partial charge in [0.1, 0.15) is 6.04 Å². The van der Waals surface area contributed by atoms with Crippen LogP contribution in [-0.4, -0.2) is 24.9 Å². The number of carbonyl (C=O) groups is 2. The molecule has 0 saturated carbocycles. The maximum Gasteiger partial charge on any atom is 0.252 e. The van der Waals surface area contributed by atoms with Gasteiger partial charge in [-0.05, 0) is 30.5 Å². The molecule has 1 rings (SSSR count). The number of amides is 2. The van der Waals surface area contributed by atoms with Crippen LogP contribution in [0.2, 0.25) is 0 Å². The van der Waals surface area contributed by atoms with E-state index in [2.05, 4.69) is 26.6 Å². The average Bonchev–Trinajstić information content (AvgIpc) is 2.35. The van der Waals surface area contributed by atoms with Crippen LogP contribution in [0.15, 0.2) is 22.7 Å². The number of hydrogen-bond acceptors (Lipinski definition) is 3. The van der Waals surface area contributed by atoms with E-state index < -0.39 is 6.04 Å². The Balaban J connectivity index is 2.87. The number of nitrogens with two attached hydrogens (primary N) is 1. The topological polar surface area (TPSA) is 84.2 Å². The molecule has 5 nitrogen and oxygen atoms in total. The van der Waals surface area contributed by atoms with Crippen LogP contribution < -0.4 is 16.4 Å². The molecule has 2 amide bonds. The number of anilines is 1. The number of nitrogen functional groups attached to an aromatic ring is 1. The molecule has 0 bridgehead atoms. The van der Waals surface area contributed by atoms with E-state index in [0.717, 1.165) is 4.47 Å². The first kappa shape index (κ1) is 16.5. The summed E-state index contributed by atoms with van der Waals surface area (Å²) in [5.74, 6) is -0.215. The number of nitrogens with one attached hydrogen (secondary N) is 2. The van der Waals surface area contributed by atoms with Crippen LogP contribution >= 0.6 is 15.9 Å². The molecule has 1 atom stereocenters. The Hall–Kier alpha value is -1.56. The number of hydrogen-bond donors (Lipinski definition) is 3. The molecule has 0 heterocycles. The first-order valence-corrected chi connectivity index (χ1v) is 7.21. The normalized spacial score (nSPS) is 12.1. The third-order valence-corrected chi connectivity index (χ3v) is 3.22. The fourth-order valence-electron chi connectivity index (χ4n) is 1.86. The predicted molar refractivity (Wildman–Crippen MR) is 83.3 cm³/mol. The smallest absolute Gasteiger partial charge is 0.252 e. The molecule has 6 heteroatoms. The lowest BCUT2D eigenvalue weighted by Crippen LogP contribution is -2.46. The second kappa shape index (κ2) is 7.28. The molecule has 0 aliphatic carbocycles. The van der Waals surface area contributed by atoms with Crippen molar-refractivity contribution in [2.24, 2.45) is 5.92 Å². The highest BCUT2D eigenvalue weighted by atomic mass is 79.9. The van der Waals surface area contributed by atoms with E-state index in [4.69, 9.17) is 5.73 Å². The lowest BCUT2D eigenvalue weighted by molar-refractivity contribution is -0.122. The van der Waals surface area contributed by atoms with Crippen molar-refractivity contribution in [3.63, 3.8) is 0 Å². The van der Waals surface area contributed by atoms with E-state index in [1.807, 2.05) is 13.8 Å². The summed E-state index contributed by atoms with van der Waals surface area (Å²) in [7, 11) is 1.55. The summed E-state index contributed by atoms with van der Waals surface area (Å²) in [5, 5.41) is 5.30. The molecule has 1 aromatic rings. The number of rotatable bonds is 5. The summed E-state index contributed by atoms with van der Waals surface area (Å²) in [6.07, 6.45) is 0.578. The summed E-state index contributed by atoms with van der Waals surface area (Å²) in [5.41, 5.74) is 6.62. The van der Waals surface area contributed by atoms with Crippen LogP contribution in [-0.2, 0) is 4.79 Å². The molecule has 20 heavy (non-hydrogen) atoms. The van der Waals surface area contributed by atoms with E-state index in [9.17, 15) is 9.59 Å². The van der Waals surface area contributed by atoms with Crippen LogP contribution in [0.25, 0.3) is 0 Å². The van der Waals surface area contributed by atoms with Crippen molar-refractivity contribution >= 4 is 33.4 Å². The maximum atomic E-state index is 12.2. The van der Waals surface area contributed by atoms with Crippen LogP contribution in [0, 0.1) is 5.92 Å². The van der Waals surface area contributed by atoms with Crippen molar-refractivity contribution in [3.05, 3.63) is 28.2 Å². The van der Waals surface area contributed by atoms with Crippen molar-refractivity contribution in [2.75, 3.05) is 12.8 Å². The van der Waals surface area contributed by atoms with Gasteiger partial charge in [-0.1, -0.05) is 29.8 Å². The fraction of sp³-hybridized carbons (Fsp3) is 0.429. The third-order valence-electron chi connectivity index (χ3n) is 2.76. The number of carbonyl (C=O) groups excluding carboxylic acids is 2. The van der Waals surface area contributed by atoms with Gasteiger partial charge in [0.05, 0.1) is 0 Å². The number of likely N-dealkylation sites (N-methyl/N-ethyl adjacent to an activating group) is 1. The van der Waals surface area contributed by atoms with Gasteiger partial charge in [0.25, 0.3) is 5.91 Å². The Bertz CT molecular complexity index is 483. The van der Waals surface area contributed by atoms with Gasteiger partial charge in [0.15, 0.2) is 0 Å². The highest BCUT2D eigenvalue weighted by molar-refractivity contribution is 9.10. The minimum atomic E-state index is -0.548. The van der Waals surface area contributed by atoms with E-state index in [1.165, 1.54) is 0 Å². The molecule has 0 saturated heterocycles. The fourth-order valence-corrected chi connectivity index (χ4v) is 2.37. The van der Waals surface area contributed by atoms with Gasteiger partial charge in [-0.25, -0.2) is 0 Å². The number of halogens is 1. The summed E-state index contributed by atoms with van der Waals surface area (Å²) in [6, 6.07) is 4.41. The monoisotopic (exact) mass is 341 g/mol. The zero-order valence-electron chi connectivity index (χ0n) is 11.9. The Morgan fingerprint density at radius 3 is 2.45 bits per heavy atom. The summed E-state index contributed by atoms with van der Waals surface area (Å²) in [4.78, 5) is 24.0. The minimum Gasteiger partial charge on any atom is -0.399 e. The summed E-state index contributed by atoms with van der Waals surface area (Å²) < 4.78 is 0.725. The molecule has 0 aliphatic rings. The molecule has 1 aromatic carbocycles. The molecule has 0 aliphatic heterocycles. The largest absolute Gasteiger partial charge is 0.399 e. The van der Waals surface area contributed by atoms with Crippen LogP contribution in [0.3, 0.4) is 0 Å². The molecular formula is C14H20BrN3O2. The Morgan fingerprint density at radius 2 is 1.95 bits per heavy atom. The Kier molecular flexibility index (Phi) is 6.01. The first-order chi connectivity index (χ1) is 9.33. The lowest BCUT2D eigenvalue weighted by atomic mass is 10.0. The van der Waals surface area contributed by atoms with Crippen molar-refractivity contribution in [1.82, 2.24) is 10.6 Å². The van der Waals surface area contributed by atoms with E-state index in [-0.39, 0.29) is 11.8 Å². The zero-order chi connectivity index (χ0) is 15.3. The predicted octanol–water partition coefficient (Wildman–Crippen LogP) is 1.92. The molecule has 4 N–H and O–H groups in total. The molecule has 0 spiro atoms. The van der Waals surface area contributed by atoms with Gasteiger partial charge >= 0.3 is 0 Å². The molecule has 1 unspecified atom stereocenters.